The number of aromatic nitrogens is 4. The van der Waals surface area contributed by atoms with Gasteiger partial charge in [-0.05, 0) is 24.3 Å². The second-order valence-electron chi connectivity index (χ2n) is 5.86. The Kier molecular flexibility index (Phi) is 3.70. The molecule has 0 saturated heterocycles. The molecule has 0 unspecified atom stereocenters. The molecule has 3 aromatic rings. The summed E-state index contributed by atoms with van der Waals surface area (Å²) in [5.74, 6) is 2.37. The SMILES string of the molecule is NC1(c2noc(CCc3nc(-c4cccs4)no3)n2)CCCC1. The maximum absolute atomic E-state index is 6.33. The molecular formula is C15H17N5O2S. The molecule has 0 spiro atoms. The van der Waals surface area contributed by atoms with Gasteiger partial charge in [0.15, 0.2) is 5.82 Å². The molecule has 0 amide bonds. The van der Waals surface area contributed by atoms with Crippen molar-refractivity contribution in [2.45, 2.75) is 44.1 Å². The van der Waals surface area contributed by atoms with Crippen molar-refractivity contribution in [3.05, 3.63) is 35.1 Å². The largest absolute Gasteiger partial charge is 0.339 e. The van der Waals surface area contributed by atoms with Crippen molar-refractivity contribution in [2.75, 3.05) is 0 Å². The van der Waals surface area contributed by atoms with Crippen LogP contribution >= 0.6 is 11.3 Å². The van der Waals surface area contributed by atoms with Gasteiger partial charge in [-0.15, -0.1) is 11.3 Å². The number of nitrogens with zero attached hydrogens (tertiary/aromatic N) is 4. The van der Waals surface area contributed by atoms with Gasteiger partial charge < -0.3 is 14.8 Å². The number of rotatable bonds is 5. The van der Waals surface area contributed by atoms with E-state index >= 15 is 0 Å². The molecule has 3 aromatic heterocycles. The van der Waals surface area contributed by atoms with Crippen molar-refractivity contribution in [3.8, 4) is 10.7 Å². The highest BCUT2D eigenvalue weighted by molar-refractivity contribution is 7.13. The Hall–Kier alpha value is -2.06. The third kappa shape index (κ3) is 2.91. The van der Waals surface area contributed by atoms with Crippen LogP contribution in [0.15, 0.2) is 26.6 Å². The minimum Gasteiger partial charge on any atom is -0.339 e. The predicted molar refractivity (Wildman–Crippen MR) is 83.7 cm³/mol. The second-order valence-corrected chi connectivity index (χ2v) is 6.81. The van der Waals surface area contributed by atoms with Crippen LogP contribution in [-0.4, -0.2) is 20.3 Å². The Bertz CT molecular complexity index is 774. The normalized spacial score (nSPS) is 16.9. The minimum atomic E-state index is -0.418. The fraction of sp³-hybridized carbons (Fsp3) is 0.467. The summed E-state index contributed by atoms with van der Waals surface area (Å²) in [6.07, 6.45) is 5.20. The lowest BCUT2D eigenvalue weighted by molar-refractivity contribution is 0.339. The lowest BCUT2D eigenvalue weighted by atomic mass is 9.99. The van der Waals surface area contributed by atoms with E-state index in [1.54, 1.807) is 11.3 Å². The van der Waals surface area contributed by atoms with E-state index in [-0.39, 0.29) is 0 Å². The summed E-state index contributed by atoms with van der Waals surface area (Å²) in [4.78, 5) is 9.82. The minimum absolute atomic E-state index is 0.418. The zero-order valence-electron chi connectivity index (χ0n) is 12.6. The summed E-state index contributed by atoms with van der Waals surface area (Å²) >= 11 is 1.58. The molecule has 0 aromatic carbocycles. The summed E-state index contributed by atoms with van der Waals surface area (Å²) in [6.45, 7) is 0. The van der Waals surface area contributed by atoms with Gasteiger partial charge in [0.2, 0.25) is 17.6 Å². The summed E-state index contributed by atoms with van der Waals surface area (Å²) in [5, 5.41) is 10.0. The maximum atomic E-state index is 6.33. The molecule has 1 aliphatic rings. The molecule has 2 N–H and O–H groups in total. The van der Waals surface area contributed by atoms with Crippen LogP contribution in [0, 0.1) is 0 Å². The average molecular weight is 331 g/mol. The molecule has 0 atom stereocenters. The van der Waals surface area contributed by atoms with Crippen molar-refractivity contribution in [1.82, 2.24) is 20.3 Å². The highest BCUT2D eigenvalue weighted by Gasteiger charge is 2.35. The van der Waals surface area contributed by atoms with E-state index in [1.165, 1.54) is 0 Å². The van der Waals surface area contributed by atoms with Gasteiger partial charge in [0.25, 0.3) is 0 Å². The lowest BCUT2D eigenvalue weighted by Gasteiger charge is -2.17. The molecule has 120 valence electrons. The number of hydrogen-bond acceptors (Lipinski definition) is 8. The fourth-order valence-corrected chi connectivity index (χ4v) is 3.51. The van der Waals surface area contributed by atoms with Crippen LogP contribution in [0.2, 0.25) is 0 Å². The first-order valence-corrected chi connectivity index (χ1v) is 8.59. The van der Waals surface area contributed by atoms with Crippen molar-refractivity contribution in [1.29, 1.82) is 0 Å². The average Bonchev–Trinajstić information content (AvgIpc) is 3.31. The molecule has 1 fully saturated rings. The first-order chi connectivity index (χ1) is 11.2. The van der Waals surface area contributed by atoms with Gasteiger partial charge in [0, 0.05) is 12.8 Å². The number of aryl methyl sites for hydroxylation is 2. The molecule has 7 nitrogen and oxygen atoms in total. The third-order valence-electron chi connectivity index (χ3n) is 4.17. The fourth-order valence-electron chi connectivity index (χ4n) is 2.86. The van der Waals surface area contributed by atoms with Crippen LogP contribution in [0.4, 0.5) is 0 Å². The Morgan fingerprint density at radius 2 is 1.83 bits per heavy atom. The van der Waals surface area contributed by atoms with E-state index in [0.29, 0.717) is 36.3 Å². The van der Waals surface area contributed by atoms with Gasteiger partial charge in [-0.2, -0.15) is 9.97 Å². The molecule has 8 heteroatoms. The van der Waals surface area contributed by atoms with Crippen LogP contribution in [0.5, 0.6) is 0 Å². The van der Waals surface area contributed by atoms with E-state index in [4.69, 9.17) is 14.8 Å². The smallest absolute Gasteiger partial charge is 0.227 e. The van der Waals surface area contributed by atoms with Crippen molar-refractivity contribution >= 4 is 11.3 Å². The van der Waals surface area contributed by atoms with Gasteiger partial charge in [-0.1, -0.05) is 29.2 Å². The topological polar surface area (TPSA) is 104 Å². The molecular weight excluding hydrogens is 314 g/mol. The maximum Gasteiger partial charge on any atom is 0.227 e. The Morgan fingerprint density at radius 3 is 2.57 bits per heavy atom. The first kappa shape index (κ1) is 14.5. The molecule has 1 aliphatic carbocycles. The van der Waals surface area contributed by atoms with Gasteiger partial charge in [-0.25, -0.2) is 0 Å². The zero-order chi connectivity index (χ0) is 15.7. The Balaban J connectivity index is 1.41. The van der Waals surface area contributed by atoms with Crippen LogP contribution < -0.4 is 5.73 Å². The molecule has 0 aliphatic heterocycles. The Morgan fingerprint density at radius 1 is 1.09 bits per heavy atom. The molecule has 4 rings (SSSR count). The van der Waals surface area contributed by atoms with Gasteiger partial charge in [-0.3, -0.25) is 0 Å². The highest BCUT2D eigenvalue weighted by atomic mass is 32.1. The molecule has 0 radical (unpaired) electrons. The molecule has 0 bridgehead atoms. The lowest BCUT2D eigenvalue weighted by Crippen LogP contribution is -2.34. The zero-order valence-corrected chi connectivity index (χ0v) is 13.4. The van der Waals surface area contributed by atoms with Crippen LogP contribution in [0.25, 0.3) is 10.7 Å². The van der Waals surface area contributed by atoms with E-state index < -0.39 is 5.54 Å². The second kappa shape index (κ2) is 5.86. The molecule has 1 saturated carbocycles. The monoisotopic (exact) mass is 331 g/mol. The van der Waals surface area contributed by atoms with E-state index in [1.807, 2.05) is 17.5 Å². The van der Waals surface area contributed by atoms with Crippen LogP contribution in [-0.2, 0) is 18.4 Å². The summed E-state index contributed by atoms with van der Waals surface area (Å²) in [6, 6.07) is 3.92. The first-order valence-electron chi connectivity index (χ1n) is 7.71. The summed E-state index contributed by atoms with van der Waals surface area (Å²) in [7, 11) is 0. The van der Waals surface area contributed by atoms with Gasteiger partial charge in [0.1, 0.15) is 0 Å². The van der Waals surface area contributed by atoms with Crippen molar-refractivity contribution in [2.24, 2.45) is 5.73 Å². The predicted octanol–water partition coefficient (Wildman–Crippen LogP) is 2.69. The van der Waals surface area contributed by atoms with Gasteiger partial charge in [0.05, 0.1) is 10.4 Å². The van der Waals surface area contributed by atoms with Gasteiger partial charge >= 0.3 is 0 Å². The standard InChI is InChI=1S/C15H17N5O2S/c16-15(7-1-2-8-15)14-18-12(22-20-14)6-5-11-17-13(19-21-11)10-4-3-9-23-10/h3-4,9H,1-2,5-8,16H2. The molecule has 3 heterocycles. The number of thiophene rings is 1. The quantitative estimate of drug-likeness (QED) is 0.766. The summed E-state index contributed by atoms with van der Waals surface area (Å²) < 4.78 is 10.6. The number of nitrogens with two attached hydrogens (primary N) is 1. The third-order valence-corrected chi connectivity index (χ3v) is 5.04. The number of hydrogen-bond donors (Lipinski definition) is 1. The van der Waals surface area contributed by atoms with E-state index in [9.17, 15) is 0 Å². The van der Waals surface area contributed by atoms with Crippen molar-refractivity contribution < 1.29 is 9.05 Å². The van der Waals surface area contributed by atoms with Crippen molar-refractivity contribution in [3.63, 3.8) is 0 Å². The van der Waals surface area contributed by atoms with E-state index in [0.717, 1.165) is 30.6 Å². The van der Waals surface area contributed by atoms with E-state index in [2.05, 4.69) is 20.3 Å². The Labute approximate surface area is 136 Å². The van der Waals surface area contributed by atoms with Crippen LogP contribution in [0.3, 0.4) is 0 Å². The van der Waals surface area contributed by atoms with Crippen LogP contribution in [0.1, 0.15) is 43.3 Å². The highest BCUT2D eigenvalue weighted by Crippen LogP contribution is 2.34. The molecule has 23 heavy (non-hydrogen) atoms. The summed E-state index contributed by atoms with van der Waals surface area (Å²) in [5.41, 5.74) is 5.92.